The van der Waals surface area contributed by atoms with Gasteiger partial charge in [0.1, 0.15) is 17.6 Å². The molecule has 1 N–H and O–H groups in total. The van der Waals surface area contributed by atoms with Gasteiger partial charge < -0.3 is 14.8 Å². The lowest BCUT2D eigenvalue weighted by molar-refractivity contribution is -0.111. The molecule has 0 aliphatic carbocycles. The van der Waals surface area contributed by atoms with E-state index >= 15 is 0 Å². The van der Waals surface area contributed by atoms with Crippen LogP contribution in [0, 0.1) is 11.3 Å². The normalized spacial score (nSPS) is 10.2. The van der Waals surface area contributed by atoms with Crippen molar-refractivity contribution in [1.29, 1.82) is 5.26 Å². The third-order valence-corrected chi connectivity index (χ3v) is 3.22. The molecule has 5 heteroatoms. The fourth-order valence-electron chi connectivity index (χ4n) is 2.04. The quantitative estimate of drug-likeness (QED) is 0.739. The van der Waals surface area contributed by atoms with Gasteiger partial charge in [-0.1, -0.05) is 31.2 Å². The molecular formula is C20H20N2O3. The third kappa shape index (κ3) is 6.04. The van der Waals surface area contributed by atoms with E-state index in [4.69, 9.17) is 14.7 Å². The van der Waals surface area contributed by atoms with Gasteiger partial charge in [0.05, 0.1) is 12.3 Å². The number of hydrogen-bond acceptors (Lipinski definition) is 4. The maximum atomic E-state index is 12.1. The Balaban J connectivity index is 1.96. The molecule has 5 nitrogen and oxygen atoms in total. The van der Waals surface area contributed by atoms with Crippen LogP contribution in [-0.4, -0.2) is 19.1 Å². The van der Waals surface area contributed by atoms with Crippen LogP contribution in [0.4, 0.5) is 5.69 Å². The highest BCUT2D eigenvalue weighted by Gasteiger charge is 2.05. The first-order valence-corrected chi connectivity index (χ1v) is 8.03. The summed E-state index contributed by atoms with van der Waals surface area (Å²) in [6.45, 7) is 2.64. The minimum atomic E-state index is -0.239. The second-order valence-corrected chi connectivity index (χ2v) is 5.18. The van der Waals surface area contributed by atoms with Gasteiger partial charge in [-0.25, -0.2) is 0 Å². The van der Waals surface area contributed by atoms with E-state index in [0.717, 1.165) is 12.0 Å². The van der Waals surface area contributed by atoms with E-state index in [2.05, 4.69) is 5.32 Å². The SMILES string of the molecule is CCCOc1ccccc1NC(=O)/C=C/c1ccc(OCC#N)cc1. The maximum Gasteiger partial charge on any atom is 0.248 e. The van der Waals surface area contributed by atoms with E-state index in [1.165, 1.54) is 6.08 Å². The zero-order valence-electron chi connectivity index (χ0n) is 14.1. The van der Waals surface area contributed by atoms with Gasteiger partial charge in [-0.15, -0.1) is 0 Å². The summed E-state index contributed by atoms with van der Waals surface area (Å²) in [6, 6.07) is 16.4. The zero-order valence-corrected chi connectivity index (χ0v) is 14.1. The fourth-order valence-corrected chi connectivity index (χ4v) is 2.04. The van der Waals surface area contributed by atoms with Gasteiger partial charge >= 0.3 is 0 Å². The second-order valence-electron chi connectivity index (χ2n) is 5.18. The van der Waals surface area contributed by atoms with Crippen molar-refractivity contribution in [2.24, 2.45) is 0 Å². The van der Waals surface area contributed by atoms with Crippen molar-refractivity contribution in [1.82, 2.24) is 0 Å². The molecule has 0 bridgehead atoms. The number of benzene rings is 2. The first-order valence-electron chi connectivity index (χ1n) is 8.03. The minimum absolute atomic E-state index is 0.0110. The molecule has 0 aliphatic rings. The lowest BCUT2D eigenvalue weighted by atomic mass is 10.2. The summed E-state index contributed by atoms with van der Waals surface area (Å²) >= 11 is 0. The van der Waals surface area contributed by atoms with Crippen LogP contribution in [0.5, 0.6) is 11.5 Å². The molecule has 0 saturated heterocycles. The van der Waals surface area contributed by atoms with E-state index < -0.39 is 0 Å². The molecule has 0 unspecified atom stereocenters. The number of rotatable bonds is 8. The molecule has 0 radical (unpaired) electrons. The van der Waals surface area contributed by atoms with E-state index in [9.17, 15) is 4.79 Å². The third-order valence-electron chi connectivity index (χ3n) is 3.22. The number of para-hydroxylation sites is 2. The Morgan fingerprint density at radius 2 is 1.92 bits per heavy atom. The number of nitriles is 1. The monoisotopic (exact) mass is 336 g/mol. The standard InChI is InChI=1S/C20H20N2O3/c1-2-14-25-19-6-4-3-5-18(19)22-20(23)12-9-16-7-10-17(11-8-16)24-15-13-21/h3-12H,2,14-15H2,1H3,(H,22,23)/b12-9+. The molecule has 0 atom stereocenters. The summed E-state index contributed by atoms with van der Waals surface area (Å²) in [6.07, 6.45) is 4.07. The molecule has 1 amide bonds. The first-order chi connectivity index (χ1) is 12.2. The fraction of sp³-hybridized carbons (Fsp3) is 0.200. The van der Waals surface area contributed by atoms with Gasteiger partial charge in [-0.2, -0.15) is 5.26 Å². The topological polar surface area (TPSA) is 71.3 Å². The highest BCUT2D eigenvalue weighted by atomic mass is 16.5. The number of amides is 1. The summed E-state index contributed by atoms with van der Waals surface area (Å²) in [7, 11) is 0. The van der Waals surface area contributed by atoms with Crippen molar-refractivity contribution in [2.45, 2.75) is 13.3 Å². The van der Waals surface area contributed by atoms with Crippen LogP contribution in [0.1, 0.15) is 18.9 Å². The molecule has 0 aliphatic heterocycles. The van der Waals surface area contributed by atoms with Crippen molar-refractivity contribution in [3.8, 4) is 17.6 Å². The molecule has 0 heterocycles. The molecule has 0 saturated carbocycles. The number of carbonyl (C=O) groups excluding carboxylic acids is 1. The van der Waals surface area contributed by atoms with Gasteiger partial charge in [0, 0.05) is 6.08 Å². The van der Waals surface area contributed by atoms with E-state index in [0.29, 0.717) is 23.8 Å². The Morgan fingerprint density at radius 1 is 1.16 bits per heavy atom. The predicted octanol–water partition coefficient (Wildman–Crippen LogP) is 4.03. The average Bonchev–Trinajstić information content (AvgIpc) is 2.65. The van der Waals surface area contributed by atoms with Gasteiger partial charge in [0.15, 0.2) is 6.61 Å². The largest absolute Gasteiger partial charge is 0.491 e. The predicted molar refractivity (Wildman–Crippen MR) is 97.4 cm³/mol. The molecule has 0 spiro atoms. The van der Waals surface area contributed by atoms with Crippen LogP contribution in [0.15, 0.2) is 54.6 Å². The Kier molecular flexibility index (Phi) is 7.08. The van der Waals surface area contributed by atoms with Crippen LogP contribution in [-0.2, 0) is 4.79 Å². The highest BCUT2D eigenvalue weighted by Crippen LogP contribution is 2.24. The van der Waals surface area contributed by atoms with Gasteiger partial charge in [0.25, 0.3) is 0 Å². The van der Waals surface area contributed by atoms with E-state index in [-0.39, 0.29) is 12.5 Å². The summed E-state index contributed by atoms with van der Waals surface area (Å²) in [4.78, 5) is 12.1. The molecular weight excluding hydrogens is 316 g/mol. The summed E-state index contributed by atoms with van der Waals surface area (Å²) < 4.78 is 10.8. The molecule has 128 valence electrons. The summed E-state index contributed by atoms with van der Waals surface area (Å²) in [5.41, 5.74) is 1.50. The van der Waals surface area contributed by atoms with Crippen LogP contribution in [0.3, 0.4) is 0 Å². The summed E-state index contributed by atoms with van der Waals surface area (Å²) in [5.74, 6) is 1.03. The van der Waals surface area contributed by atoms with Crippen LogP contribution in [0.2, 0.25) is 0 Å². The molecule has 2 rings (SSSR count). The Labute approximate surface area is 147 Å². The Hall–Kier alpha value is -3.26. The Bertz CT molecular complexity index is 761. The zero-order chi connectivity index (χ0) is 17.9. The Morgan fingerprint density at radius 3 is 2.64 bits per heavy atom. The minimum Gasteiger partial charge on any atom is -0.491 e. The first kappa shape index (κ1) is 18.1. The van der Waals surface area contributed by atoms with Gasteiger partial charge in [-0.05, 0) is 42.3 Å². The van der Waals surface area contributed by atoms with Crippen molar-refractivity contribution >= 4 is 17.7 Å². The maximum absolute atomic E-state index is 12.1. The van der Waals surface area contributed by atoms with E-state index in [1.807, 2.05) is 43.3 Å². The number of nitrogens with zero attached hydrogens (tertiary/aromatic N) is 1. The molecule has 25 heavy (non-hydrogen) atoms. The molecule has 2 aromatic rings. The van der Waals surface area contributed by atoms with Crippen molar-refractivity contribution < 1.29 is 14.3 Å². The number of carbonyl (C=O) groups is 1. The van der Waals surface area contributed by atoms with Crippen LogP contribution >= 0.6 is 0 Å². The van der Waals surface area contributed by atoms with Crippen LogP contribution in [0.25, 0.3) is 6.08 Å². The second kappa shape index (κ2) is 9.78. The number of hydrogen-bond donors (Lipinski definition) is 1. The summed E-state index contributed by atoms with van der Waals surface area (Å²) in [5, 5.41) is 11.3. The van der Waals surface area contributed by atoms with Gasteiger partial charge in [0.2, 0.25) is 5.91 Å². The number of anilines is 1. The smallest absolute Gasteiger partial charge is 0.248 e. The van der Waals surface area contributed by atoms with Crippen molar-refractivity contribution in [3.63, 3.8) is 0 Å². The average molecular weight is 336 g/mol. The van der Waals surface area contributed by atoms with Crippen LogP contribution < -0.4 is 14.8 Å². The van der Waals surface area contributed by atoms with Crippen molar-refractivity contribution in [3.05, 3.63) is 60.2 Å². The van der Waals surface area contributed by atoms with Gasteiger partial charge in [-0.3, -0.25) is 4.79 Å². The lowest BCUT2D eigenvalue weighted by Crippen LogP contribution is -2.09. The molecule has 2 aromatic carbocycles. The molecule has 0 fully saturated rings. The lowest BCUT2D eigenvalue weighted by Gasteiger charge is -2.10. The highest BCUT2D eigenvalue weighted by molar-refractivity contribution is 6.02. The number of ether oxygens (including phenoxy) is 2. The van der Waals surface area contributed by atoms with E-state index in [1.54, 1.807) is 24.3 Å². The number of nitrogens with one attached hydrogen (secondary N) is 1. The molecule has 0 aromatic heterocycles. The van der Waals surface area contributed by atoms with Crippen molar-refractivity contribution in [2.75, 3.05) is 18.5 Å².